The van der Waals surface area contributed by atoms with Crippen LogP contribution >= 0.6 is 0 Å². The normalized spacial score (nSPS) is 11.8. The summed E-state index contributed by atoms with van der Waals surface area (Å²) in [5.41, 5.74) is 6.27. The van der Waals surface area contributed by atoms with E-state index in [4.69, 9.17) is 5.73 Å². The quantitative estimate of drug-likeness (QED) is 0.789. The first-order chi connectivity index (χ1) is 8.30. The van der Waals surface area contributed by atoms with E-state index in [9.17, 15) is 4.39 Å². The third-order valence-electron chi connectivity index (χ3n) is 2.73. The van der Waals surface area contributed by atoms with Crippen LogP contribution in [-0.2, 0) is 12.5 Å². The summed E-state index contributed by atoms with van der Waals surface area (Å²) < 4.78 is 15.1. The Morgan fingerprint density at radius 3 is 2.50 bits per heavy atom. The summed E-state index contributed by atoms with van der Waals surface area (Å²) in [5.74, 6) is 0.855. The van der Waals surface area contributed by atoms with E-state index < -0.39 is 5.82 Å². The maximum absolute atomic E-state index is 13.5. The van der Waals surface area contributed by atoms with Gasteiger partial charge in [0, 0.05) is 18.0 Å². The summed E-state index contributed by atoms with van der Waals surface area (Å²) in [7, 11) is 1.78. The monoisotopic (exact) mass is 248 g/mol. The lowest BCUT2D eigenvalue weighted by Gasteiger charge is -2.12. The number of rotatable bonds is 1. The van der Waals surface area contributed by atoms with Crippen LogP contribution in [0.4, 0.5) is 10.1 Å². The van der Waals surface area contributed by atoms with E-state index >= 15 is 0 Å². The third kappa shape index (κ3) is 2.08. The van der Waals surface area contributed by atoms with Gasteiger partial charge in [0.25, 0.3) is 0 Å². The Kier molecular flexibility index (Phi) is 2.84. The molecule has 0 unspecified atom stereocenters. The molecule has 0 saturated heterocycles. The number of aryl methyl sites for hydroxylation is 1. The fraction of sp³-hybridized carbons (Fsp3) is 0.385. The summed E-state index contributed by atoms with van der Waals surface area (Å²) in [6.45, 7) is 6.09. The van der Waals surface area contributed by atoms with Crippen molar-refractivity contribution in [2.24, 2.45) is 7.05 Å². The lowest BCUT2D eigenvalue weighted by Crippen LogP contribution is -2.13. The molecule has 0 radical (unpaired) electrons. The van der Waals surface area contributed by atoms with Crippen LogP contribution in [0.15, 0.2) is 18.2 Å². The molecular weight excluding hydrogens is 231 g/mol. The molecule has 0 aliphatic heterocycles. The zero-order chi connectivity index (χ0) is 13.5. The van der Waals surface area contributed by atoms with Crippen LogP contribution in [0, 0.1) is 5.82 Å². The van der Waals surface area contributed by atoms with Gasteiger partial charge in [0.2, 0.25) is 0 Å². The van der Waals surface area contributed by atoms with Gasteiger partial charge >= 0.3 is 0 Å². The van der Waals surface area contributed by atoms with E-state index in [0.29, 0.717) is 17.2 Å². The molecule has 5 heteroatoms. The minimum atomic E-state index is -0.437. The van der Waals surface area contributed by atoms with Crippen molar-refractivity contribution in [2.75, 3.05) is 5.73 Å². The van der Waals surface area contributed by atoms with Crippen LogP contribution in [0.5, 0.6) is 0 Å². The standard InChI is InChI=1S/C13H17FN4/c1-13(2,3)12-16-11(18(4)17-12)8-6-5-7-9(14)10(8)15/h5-7H,15H2,1-4H3. The van der Waals surface area contributed by atoms with Crippen molar-refractivity contribution in [1.82, 2.24) is 14.8 Å². The van der Waals surface area contributed by atoms with E-state index in [0.717, 1.165) is 0 Å². The molecule has 0 aliphatic rings. The van der Waals surface area contributed by atoms with Crippen molar-refractivity contribution in [3.8, 4) is 11.4 Å². The summed E-state index contributed by atoms with van der Waals surface area (Å²) >= 11 is 0. The van der Waals surface area contributed by atoms with Crippen LogP contribution in [0.2, 0.25) is 0 Å². The molecule has 0 atom stereocenters. The first-order valence-corrected chi connectivity index (χ1v) is 5.76. The molecule has 18 heavy (non-hydrogen) atoms. The largest absolute Gasteiger partial charge is 0.396 e. The average molecular weight is 248 g/mol. The molecule has 4 nitrogen and oxygen atoms in total. The van der Waals surface area contributed by atoms with Crippen molar-refractivity contribution in [3.63, 3.8) is 0 Å². The summed E-state index contributed by atoms with van der Waals surface area (Å²) in [4.78, 5) is 4.46. The number of hydrogen-bond donors (Lipinski definition) is 1. The Morgan fingerprint density at radius 2 is 1.94 bits per heavy atom. The number of hydrogen-bond acceptors (Lipinski definition) is 3. The van der Waals surface area contributed by atoms with Gasteiger partial charge in [0.1, 0.15) is 5.82 Å². The fourth-order valence-corrected chi connectivity index (χ4v) is 1.67. The van der Waals surface area contributed by atoms with Gasteiger partial charge in [-0.1, -0.05) is 26.8 Å². The number of para-hydroxylation sites is 1. The third-order valence-corrected chi connectivity index (χ3v) is 2.73. The predicted octanol–water partition coefficient (Wildman–Crippen LogP) is 2.50. The summed E-state index contributed by atoms with van der Waals surface area (Å²) in [5, 5.41) is 4.36. The van der Waals surface area contributed by atoms with Crippen molar-refractivity contribution in [2.45, 2.75) is 26.2 Å². The number of aromatic nitrogens is 3. The molecular formula is C13H17FN4. The number of nitrogens with zero attached hydrogens (tertiary/aromatic N) is 3. The molecule has 2 rings (SSSR count). The predicted molar refractivity (Wildman–Crippen MR) is 69.5 cm³/mol. The Labute approximate surface area is 106 Å². The van der Waals surface area contributed by atoms with Crippen LogP contribution in [-0.4, -0.2) is 14.8 Å². The highest BCUT2D eigenvalue weighted by Crippen LogP contribution is 2.28. The van der Waals surface area contributed by atoms with E-state index in [-0.39, 0.29) is 11.1 Å². The molecule has 2 N–H and O–H groups in total. The number of benzene rings is 1. The highest BCUT2D eigenvalue weighted by atomic mass is 19.1. The number of anilines is 1. The van der Waals surface area contributed by atoms with Gasteiger partial charge in [-0.25, -0.2) is 14.1 Å². The molecule has 0 spiro atoms. The molecule has 0 fully saturated rings. The van der Waals surface area contributed by atoms with Crippen LogP contribution < -0.4 is 5.73 Å². The minimum absolute atomic E-state index is 0.105. The van der Waals surface area contributed by atoms with Gasteiger partial charge in [-0.3, -0.25) is 0 Å². The second-order valence-corrected chi connectivity index (χ2v) is 5.33. The average Bonchev–Trinajstić information content (AvgIpc) is 2.64. The minimum Gasteiger partial charge on any atom is -0.396 e. The van der Waals surface area contributed by atoms with Crippen molar-refractivity contribution < 1.29 is 4.39 Å². The van der Waals surface area contributed by atoms with E-state index in [1.54, 1.807) is 23.9 Å². The maximum atomic E-state index is 13.5. The van der Waals surface area contributed by atoms with Gasteiger partial charge in [0.05, 0.1) is 5.69 Å². The van der Waals surface area contributed by atoms with E-state index in [1.807, 2.05) is 20.8 Å². The molecule has 0 aliphatic carbocycles. The molecule has 1 aromatic heterocycles. The Morgan fingerprint density at radius 1 is 1.28 bits per heavy atom. The van der Waals surface area contributed by atoms with Gasteiger partial charge in [-0.05, 0) is 12.1 Å². The molecule has 0 saturated carbocycles. The first kappa shape index (κ1) is 12.5. The summed E-state index contributed by atoms with van der Waals surface area (Å²) in [6.07, 6.45) is 0. The van der Waals surface area contributed by atoms with Crippen molar-refractivity contribution >= 4 is 5.69 Å². The molecule has 2 aromatic rings. The second-order valence-electron chi connectivity index (χ2n) is 5.33. The SMILES string of the molecule is Cn1nc(C(C)(C)C)nc1-c1cccc(F)c1N. The van der Waals surface area contributed by atoms with Gasteiger partial charge in [-0.2, -0.15) is 5.10 Å². The highest BCUT2D eigenvalue weighted by Gasteiger charge is 2.22. The van der Waals surface area contributed by atoms with Gasteiger partial charge in [0.15, 0.2) is 11.6 Å². The van der Waals surface area contributed by atoms with E-state index in [2.05, 4.69) is 10.1 Å². The Bertz CT molecular complexity index is 581. The lowest BCUT2D eigenvalue weighted by molar-refractivity contribution is 0.538. The number of nitrogens with two attached hydrogens (primary N) is 1. The lowest BCUT2D eigenvalue weighted by atomic mass is 9.96. The van der Waals surface area contributed by atoms with Crippen molar-refractivity contribution in [3.05, 3.63) is 29.8 Å². The van der Waals surface area contributed by atoms with Gasteiger partial charge < -0.3 is 5.73 Å². The van der Waals surface area contributed by atoms with Crippen LogP contribution in [0.1, 0.15) is 26.6 Å². The topological polar surface area (TPSA) is 56.7 Å². The number of halogens is 1. The molecule has 1 aromatic carbocycles. The zero-order valence-corrected chi connectivity index (χ0v) is 11.0. The summed E-state index contributed by atoms with van der Waals surface area (Å²) in [6, 6.07) is 4.70. The molecule has 1 heterocycles. The van der Waals surface area contributed by atoms with Crippen LogP contribution in [0.25, 0.3) is 11.4 Å². The maximum Gasteiger partial charge on any atom is 0.160 e. The zero-order valence-electron chi connectivity index (χ0n) is 11.0. The smallest absolute Gasteiger partial charge is 0.160 e. The highest BCUT2D eigenvalue weighted by molar-refractivity contribution is 5.72. The van der Waals surface area contributed by atoms with Crippen molar-refractivity contribution in [1.29, 1.82) is 0 Å². The van der Waals surface area contributed by atoms with E-state index in [1.165, 1.54) is 6.07 Å². The first-order valence-electron chi connectivity index (χ1n) is 5.76. The molecule has 96 valence electrons. The molecule has 0 amide bonds. The second kappa shape index (κ2) is 4.08. The fourth-order valence-electron chi connectivity index (χ4n) is 1.67. The Hall–Kier alpha value is -1.91. The Balaban J connectivity index is 2.58. The molecule has 0 bridgehead atoms. The van der Waals surface area contributed by atoms with Gasteiger partial charge in [-0.15, -0.1) is 0 Å². The number of nitrogen functional groups attached to an aromatic ring is 1. The van der Waals surface area contributed by atoms with Crippen LogP contribution in [0.3, 0.4) is 0 Å².